The molecule has 2 rings (SSSR count). The highest BCUT2D eigenvalue weighted by Crippen LogP contribution is 2.33. The van der Waals surface area contributed by atoms with Crippen molar-refractivity contribution in [3.63, 3.8) is 0 Å². The lowest BCUT2D eigenvalue weighted by atomic mass is 9.82. The van der Waals surface area contributed by atoms with Crippen LogP contribution >= 0.6 is 15.9 Å². The van der Waals surface area contributed by atoms with E-state index in [0.29, 0.717) is 0 Å². The normalized spacial score (nSPS) is 13.2. The minimum absolute atomic E-state index is 0.0488. The van der Waals surface area contributed by atoms with Crippen LogP contribution in [0.4, 0.5) is 4.39 Å². The zero-order chi connectivity index (χ0) is 15.5. The summed E-state index contributed by atoms with van der Waals surface area (Å²) in [6, 6.07) is 15.2. The standard InChI is InChI=1S/C18H21BrFN/c1-18(2,3)17(14-6-10-16(20)11-7-14)21-12-13-4-8-15(19)9-5-13/h4-11,17,21H,12H2,1-3H3. The van der Waals surface area contributed by atoms with E-state index in [1.807, 2.05) is 24.3 Å². The van der Waals surface area contributed by atoms with Gasteiger partial charge in [0.15, 0.2) is 0 Å². The Kier molecular flexibility index (Phi) is 5.17. The van der Waals surface area contributed by atoms with Crippen molar-refractivity contribution >= 4 is 15.9 Å². The van der Waals surface area contributed by atoms with Crippen molar-refractivity contribution in [3.8, 4) is 0 Å². The van der Waals surface area contributed by atoms with E-state index in [9.17, 15) is 4.39 Å². The third-order valence-corrected chi connectivity index (χ3v) is 4.02. The highest BCUT2D eigenvalue weighted by molar-refractivity contribution is 9.10. The van der Waals surface area contributed by atoms with Crippen molar-refractivity contribution in [2.45, 2.75) is 33.4 Å². The maximum Gasteiger partial charge on any atom is 0.123 e. The van der Waals surface area contributed by atoms with E-state index in [1.165, 1.54) is 17.7 Å². The van der Waals surface area contributed by atoms with Crippen LogP contribution in [-0.2, 0) is 6.54 Å². The van der Waals surface area contributed by atoms with Crippen LogP contribution in [0.25, 0.3) is 0 Å². The molecule has 0 aromatic heterocycles. The number of halogens is 2. The Morgan fingerprint density at radius 1 is 1.00 bits per heavy atom. The monoisotopic (exact) mass is 349 g/mol. The topological polar surface area (TPSA) is 12.0 Å². The molecular weight excluding hydrogens is 329 g/mol. The van der Waals surface area contributed by atoms with Gasteiger partial charge in [0.1, 0.15) is 5.82 Å². The smallest absolute Gasteiger partial charge is 0.123 e. The van der Waals surface area contributed by atoms with E-state index in [-0.39, 0.29) is 17.3 Å². The molecule has 0 bridgehead atoms. The average Bonchev–Trinajstić information content (AvgIpc) is 2.42. The van der Waals surface area contributed by atoms with E-state index in [4.69, 9.17) is 0 Å². The number of nitrogens with one attached hydrogen (secondary N) is 1. The van der Waals surface area contributed by atoms with E-state index in [0.717, 1.165) is 16.6 Å². The Bertz CT molecular complexity index is 570. The Hall–Kier alpha value is -1.19. The summed E-state index contributed by atoms with van der Waals surface area (Å²) in [5.41, 5.74) is 2.39. The molecule has 1 N–H and O–H groups in total. The lowest BCUT2D eigenvalue weighted by Gasteiger charge is -2.32. The SMILES string of the molecule is CC(C)(C)C(NCc1ccc(Br)cc1)c1ccc(F)cc1. The summed E-state index contributed by atoms with van der Waals surface area (Å²) in [5, 5.41) is 3.59. The minimum atomic E-state index is -0.195. The van der Waals surface area contributed by atoms with Crippen molar-refractivity contribution in [1.29, 1.82) is 0 Å². The van der Waals surface area contributed by atoms with Crippen LogP contribution < -0.4 is 5.32 Å². The molecule has 0 spiro atoms. The lowest BCUT2D eigenvalue weighted by Crippen LogP contribution is -2.32. The third kappa shape index (κ3) is 4.65. The van der Waals surface area contributed by atoms with E-state index in [1.54, 1.807) is 0 Å². The van der Waals surface area contributed by atoms with Crippen molar-refractivity contribution in [2.75, 3.05) is 0 Å². The van der Waals surface area contributed by atoms with Crippen molar-refractivity contribution in [2.24, 2.45) is 5.41 Å². The van der Waals surface area contributed by atoms with Crippen LogP contribution in [-0.4, -0.2) is 0 Å². The Morgan fingerprint density at radius 3 is 2.10 bits per heavy atom. The summed E-state index contributed by atoms with van der Waals surface area (Å²) in [7, 11) is 0. The number of hydrogen-bond donors (Lipinski definition) is 1. The largest absolute Gasteiger partial charge is 0.305 e. The zero-order valence-corrected chi connectivity index (χ0v) is 14.2. The molecule has 1 nitrogen and oxygen atoms in total. The Balaban J connectivity index is 2.14. The molecule has 0 amide bonds. The molecule has 112 valence electrons. The summed E-state index contributed by atoms with van der Waals surface area (Å²) < 4.78 is 14.2. The maximum atomic E-state index is 13.1. The molecule has 2 aromatic carbocycles. The summed E-state index contributed by atoms with van der Waals surface area (Å²) in [6.07, 6.45) is 0. The van der Waals surface area contributed by atoms with E-state index in [2.05, 4.69) is 54.2 Å². The quantitative estimate of drug-likeness (QED) is 0.772. The van der Waals surface area contributed by atoms with Crippen LogP contribution in [0.1, 0.15) is 37.9 Å². The first-order valence-corrected chi connectivity index (χ1v) is 7.89. The minimum Gasteiger partial charge on any atom is -0.305 e. The van der Waals surface area contributed by atoms with Gasteiger partial charge in [0.2, 0.25) is 0 Å². The fraction of sp³-hybridized carbons (Fsp3) is 0.333. The first-order chi connectivity index (χ1) is 9.86. The molecule has 0 saturated heterocycles. The van der Waals surface area contributed by atoms with Gasteiger partial charge in [-0.15, -0.1) is 0 Å². The molecule has 0 heterocycles. The van der Waals surface area contributed by atoms with Gasteiger partial charge < -0.3 is 5.32 Å². The zero-order valence-electron chi connectivity index (χ0n) is 12.7. The van der Waals surface area contributed by atoms with Gasteiger partial charge >= 0.3 is 0 Å². The highest BCUT2D eigenvalue weighted by atomic mass is 79.9. The van der Waals surface area contributed by atoms with E-state index >= 15 is 0 Å². The Morgan fingerprint density at radius 2 is 1.57 bits per heavy atom. The molecule has 2 aromatic rings. The summed E-state index contributed by atoms with van der Waals surface area (Å²) in [5.74, 6) is -0.195. The highest BCUT2D eigenvalue weighted by Gasteiger charge is 2.25. The fourth-order valence-corrected chi connectivity index (χ4v) is 2.67. The van der Waals surface area contributed by atoms with Gasteiger partial charge in [0, 0.05) is 17.1 Å². The van der Waals surface area contributed by atoms with Crippen LogP contribution in [0.15, 0.2) is 53.0 Å². The number of benzene rings is 2. The second-order valence-electron chi connectivity index (χ2n) is 6.36. The van der Waals surface area contributed by atoms with Gasteiger partial charge in [-0.05, 0) is 40.8 Å². The predicted molar refractivity (Wildman–Crippen MR) is 89.6 cm³/mol. The molecule has 1 atom stereocenters. The predicted octanol–water partition coefficient (Wildman–Crippen LogP) is 5.47. The molecule has 0 fully saturated rings. The van der Waals surface area contributed by atoms with Crippen LogP contribution in [0, 0.1) is 11.2 Å². The molecule has 0 radical (unpaired) electrons. The molecular formula is C18H21BrFN. The lowest BCUT2D eigenvalue weighted by molar-refractivity contribution is 0.271. The molecule has 3 heteroatoms. The second kappa shape index (κ2) is 6.71. The average molecular weight is 350 g/mol. The first kappa shape index (κ1) is 16.2. The van der Waals surface area contributed by atoms with Gasteiger partial charge in [-0.25, -0.2) is 4.39 Å². The molecule has 0 saturated carbocycles. The van der Waals surface area contributed by atoms with Crippen LogP contribution in [0.2, 0.25) is 0 Å². The van der Waals surface area contributed by atoms with Gasteiger partial charge in [0.25, 0.3) is 0 Å². The first-order valence-electron chi connectivity index (χ1n) is 7.09. The molecule has 1 unspecified atom stereocenters. The summed E-state index contributed by atoms with van der Waals surface area (Å²) in [6.45, 7) is 7.35. The van der Waals surface area contributed by atoms with Gasteiger partial charge in [-0.2, -0.15) is 0 Å². The molecule has 21 heavy (non-hydrogen) atoms. The van der Waals surface area contributed by atoms with Crippen molar-refractivity contribution in [1.82, 2.24) is 5.32 Å². The maximum absolute atomic E-state index is 13.1. The third-order valence-electron chi connectivity index (χ3n) is 3.49. The van der Waals surface area contributed by atoms with Gasteiger partial charge in [0.05, 0.1) is 0 Å². The molecule has 0 aliphatic heterocycles. The Labute approximate surface area is 134 Å². The second-order valence-corrected chi connectivity index (χ2v) is 7.27. The molecule has 0 aliphatic carbocycles. The molecule has 0 aliphatic rings. The van der Waals surface area contributed by atoms with Gasteiger partial charge in [-0.3, -0.25) is 0 Å². The van der Waals surface area contributed by atoms with Crippen LogP contribution in [0.5, 0.6) is 0 Å². The van der Waals surface area contributed by atoms with Gasteiger partial charge in [-0.1, -0.05) is 61.0 Å². The van der Waals surface area contributed by atoms with Crippen LogP contribution in [0.3, 0.4) is 0 Å². The summed E-state index contributed by atoms with van der Waals surface area (Å²) >= 11 is 3.44. The fourth-order valence-electron chi connectivity index (χ4n) is 2.40. The number of hydrogen-bond acceptors (Lipinski definition) is 1. The van der Waals surface area contributed by atoms with Crippen molar-refractivity contribution in [3.05, 3.63) is 69.9 Å². The summed E-state index contributed by atoms with van der Waals surface area (Å²) in [4.78, 5) is 0. The van der Waals surface area contributed by atoms with Crippen molar-refractivity contribution < 1.29 is 4.39 Å². The number of rotatable bonds is 4. The van der Waals surface area contributed by atoms with E-state index < -0.39 is 0 Å².